The smallest absolute Gasteiger partial charge is 0.421 e. The second kappa shape index (κ2) is 8.19. The van der Waals surface area contributed by atoms with Gasteiger partial charge in [0.1, 0.15) is 5.69 Å². The molecule has 9 nitrogen and oxygen atoms in total. The Labute approximate surface area is 147 Å². The molecule has 0 N–H and O–H groups in total. The van der Waals surface area contributed by atoms with Crippen molar-refractivity contribution in [3.8, 4) is 0 Å². The maximum atomic E-state index is 10.5. The van der Waals surface area contributed by atoms with E-state index in [9.17, 15) is 13.0 Å². The average Bonchev–Trinajstić information content (AvgIpc) is 2.88. The third-order valence-electron chi connectivity index (χ3n) is 3.59. The van der Waals surface area contributed by atoms with Crippen molar-refractivity contribution in [1.82, 2.24) is 4.57 Å². The molecule has 0 saturated heterocycles. The van der Waals surface area contributed by atoms with Crippen LogP contribution in [0.4, 0.5) is 17.3 Å². The number of aromatic nitrogens is 2. The summed E-state index contributed by atoms with van der Waals surface area (Å²) in [5.41, 5.74) is 1.57. The Morgan fingerprint density at radius 2 is 1.96 bits per heavy atom. The van der Waals surface area contributed by atoms with E-state index in [0.29, 0.717) is 12.2 Å². The highest BCUT2D eigenvalue weighted by atomic mass is 32.3. The molecule has 0 fully saturated rings. The van der Waals surface area contributed by atoms with Gasteiger partial charge in [0.25, 0.3) is 0 Å². The number of likely N-dealkylation sites (N-methyl/N-ethyl adjacent to an activating group) is 1. The van der Waals surface area contributed by atoms with Gasteiger partial charge in [-0.1, -0.05) is 5.11 Å². The van der Waals surface area contributed by atoms with Crippen LogP contribution in [0.5, 0.6) is 0 Å². The van der Waals surface area contributed by atoms with E-state index in [1.54, 1.807) is 0 Å². The number of imidazole rings is 1. The predicted molar refractivity (Wildman–Crippen MR) is 90.7 cm³/mol. The lowest BCUT2D eigenvalue weighted by Crippen LogP contribution is -2.27. The van der Waals surface area contributed by atoms with Crippen molar-refractivity contribution in [2.24, 2.45) is 24.3 Å². The van der Waals surface area contributed by atoms with E-state index in [0.717, 1.165) is 11.6 Å². The molecule has 0 bridgehead atoms. The van der Waals surface area contributed by atoms with E-state index in [2.05, 4.69) is 14.4 Å². The number of benzene rings is 1. The number of hydrogen-bond donors (Lipinski definition) is 0. The summed E-state index contributed by atoms with van der Waals surface area (Å²) >= 11 is 0. The zero-order valence-corrected chi connectivity index (χ0v) is 15.2. The van der Waals surface area contributed by atoms with Gasteiger partial charge in [0, 0.05) is 23.9 Å². The molecule has 136 valence electrons. The highest BCUT2D eigenvalue weighted by Crippen LogP contribution is 2.21. The van der Waals surface area contributed by atoms with Gasteiger partial charge in [0.05, 0.1) is 33.1 Å². The predicted octanol–water partition coefficient (Wildman–Crippen LogP) is 1.57. The van der Waals surface area contributed by atoms with Crippen molar-refractivity contribution in [2.45, 2.75) is 6.92 Å². The Balaban J connectivity index is 2.02. The molecular formula is C15H21N5O4S. The normalized spacial score (nSPS) is 12.0. The monoisotopic (exact) mass is 367 g/mol. The number of rotatable bonds is 8. The minimum absolute atomic E-state index is 0.189. The van der Waals surface area contributed by atoms with Crippen LogP contribution in [0.2, 0.25) is 0 Å². The lowest BCUT2D eigenvalue weighted by molar-refractivity contribution is -0.657. The molecule has 1 aromatic heterocycles. The first-order chi connectivity index (χ1) is 11.8. The molecule has 2 rings (SSSR count). The van der Waals surface area contributed by atoms with E-state index >= 15 is 0 Å². The fourth-order valence-corrected chi connectivity index (χ4v) is 2.55. The van der Waals surface area contributed by atoms with Gasteiger partial charge in [0.2, 0.25) is 10.4 Å². The lowest BCUT2D eigenvalue weighted by Gasteiger charge is -2.23. The van der Waals surface area contributed by atoms with Gasteiger partial charge in [-0.05, 0) is 31.2 Å². The van der Waals surface area contributed by atoms with Gasteiger partial charge < -0.3 is 9.45 Å². The largest absolute Gasteiger partial charge is 0.726 e. The molecule has 0 aliphatic carbocycles. The van der Waals surface area contributed by atoms with Crippen LogP contribution in [0, 0.1) is 0 Å². The maximum Gasteiger partial charge on any atom is 0.421 e. The van der Waals surface area contributed by atoms with Crippen molar-refractivity contribution in [2.75, 3.05) is 24.6 Å². The number of azo groups is 1. The van der Waals surface area contributed by atoms with Crippen molar-refractivity contribution >= 4 is 27.7 Å². The van der Waals surface area contributed by atoms with Gasteiger partial charge in [-0.15, -0.1) is 0 Å². The minimum Gasteiger partial charge on any atom is -0.726 e. The molecule has 25 heavy (non-hydrogen) atoms. The Hall–Kier alpha value is -2.30. The van der Waals surface area contributed by atoms with Crippen LogP contribution in [0.15, 0.2) is 46.9 Å². The SMILES string of the molecule is CCN(CCOS(=O)(=O)[O-])c1ccc(N=Nc2n(C)cc[n+]2C)cc1. The molecule has 0 spiro atoms. The van der Waals surface area contributed by atoms with Crippen molar-refractivity contribution in [3.63, 3.8) is 0 Å². The first-order valence-electron chi connectivity index (χ1n) is 7.68. The summed E-state index contributed by atoms with van der Waals surface area (Å²) in [6.07, 6.45) is 3.78. The first-order valence-corrected chi connectivity index (χ1v) is 9.01. The van der Waals surface area contributed by atoms with Crippen LogP contribution in [0.3, 0.4) is 0 Å². The summed E-state index contributed by atoms with van der Waals surface area (Å²) in [5, 5.41) is 8.43. The summed E-state index contributed by atoms with van der Waals surface area (Å²) in [5.74, 6) is 0.718. The summed E-state index contributed by atoms with van der Waals surface area (Å²) in [4.78, 5) is 1.89. The Kier molecular flexibility index (Phi) is 6.23. The van der Waals surface area contributed by atoms with E-state index < -0.39 is 10.4 Å². The van der Waals surface area contributed by atoms with Gasteiger partial charge in [-0.25, -0.2) is 17.6 Å². The third kappa shape index (κ3) is 5.62. The molecule has 1 heterocycles. The molecule has 10 heteroatoms. The average molecular weight is 367 g/mol. The summed E-state index contributed by atoms with van der Waals surface area (Å²) < 4.78 is 39.4. The molecule has 1 aromatic carbocycles. The highest BCUT2D eigenvalue weighted by molar-refractivity contribution is 7.80. The van der Waals surface area contributed by atoms with Crippen LogP contribution >= 0.6 is 0 Å². The van der Waals surface area contributed by atoms with Crippen LogP contribution in [-0.4, -0.2) is 37.2 Å². The number of anilines is 1. The molecule has 0 unspecified atom stereocenters. The fourth-order valence-electron chi connectivity index (χ4n) is 2.28. The zero-order valence-electron chi connectivity index (χ0n) is 14.4. The minimum atomic E-state index is -4.66. The topological polar surface area (TPSA) is 103 Å². The Morgan fingerprint density at radius 1 is 1.28 bits per heavy atom. The van der Waals surface area contributed by atoms with Crippen LogP contribution in [-0.2, 0) is 28.7 Å². The van der Waals surface area contributed by atoms with Crippen molar-refractivity contribution in [1.29, 1.82) is 0 Å². The fraction of sp³-hybridized carbons (Fsp3) is 0.400. The van der Waals surface area contributed by atoms with Crippen LogP contribution < -0.4 is 9.47 Å². The van der Waals surface area contributed by atoms with E-state index in [4.69, 9.17) is 0 Å². The van der Waals surface area contributed by atoms with Crippen LogP contribution in [0.1, 0.15) is 6.92 Å². The molecule has 0 amide bonds. The van der Waals surface area contributed by atoms with Crippen molar-refractivity contribution in [3.05, 3.63) is 36.7 Å². The molecule has 0 saturated carbocycles. The molecule has 0 aliphatic rings. The summed E-state index contributed by atoms with van der Waals surface area (Å²) in [6.45, 7) is 2.67. The van der Waals surface area contributed by atoms with Gasteiger partial charge in [-0.3, -0.25) is 4.18 Å². The second-order valence-electron chi connectivity index (χ2n) is 5.35. The standard InChI is InChI=1S/C15H21N5O4S/c1-4-20(11-12-24-25(21,22)23)14-7-5-13(6-8-14)16-17-15-18(2)9-10-19(15)3/h5-10H,4,11-12H2,1-3H3. The molecule has 0 atom stereocenters. The molecule has 2 aromatic rings. The molecule has 0 aliphatic heterocycles. The molecule has 0 radical (unpaired) electrons. The lowest BCUT2D eigenvalue weighted by atomic mass is 10.2. The first kappa shape index (κ1) is 19.0. The second-order valence-corrected chi connectivity index (χ2v) is 6.40. The van der Waals surface area contributed by atoms with Gasteiger partial charge in [0.15, 0.2) is 0 Å². The van der Waals surface area contributed by atoms with Gasteiger partial charge >= 0.3 is 5.95 Å². The zero-order chi connectivity index (χ0) is 18.4. The van der Waals surface area contributed by atoms with E-state index in [1.807, 2.05) is 71.7 Å². The van der Waals surface area contributed by atoms with E-state index in [-0.39, 0.29) is 13.2 Å². The Bertz CT molecular complexity index is 811. The van der Waals surface area contributed by atoms with Crippen LogP contribution in [0.25, 0.3) is 0 Å². The number of aryl methyl sites for hydroxylation is 2. The number of nitrogens with zero attached hydrogens (tertiary/aromatic N) is 5. The van der Waals surface area contributed by atoms with Crippen molar-refractivity contribution < 1.29 is 21.7 Å². The number of hydrogen-bond acceptors (Lipinski definition) is 7. The Morgan fingerprint density at radius 3 is 2.48 bits per heavy atom. The maximum absolute atomic E-state index is 10.5. The van der Waals surface area contributed by atoms with Gasteiger partial charge in [-0.2, -0.15) is 0 Å². The molecular weight excluding hydrogens is 346 g/mol. The highest BCUT2D eigenvalue weighted by Gasteiger charge is 2.10. The quantitative estimate of drug-likeness (QED) is 0.305. The van der Waals surface area contributed by atoms with E-state index in [1.165, 1.54) is 0 Å². The summed E-state index contributed by atoms with van der Waals surface area (Å²) in [6, 6.07) is 7.34. The third-order valence-corrected chi connectivity index (χ3v) is 4.04. The summed E-state index contributed by atoms with van der Waals surface area (Å²) in [7, 11) is -0.882.